The van der Waals surface area contributed by atoms with Crippen LogP contribution in [0, 0.1) is 5.92 Å². The molecule has 20 heavy (non-hydrogen) atoms. The maximum absolute atomic E-state index is 12.3. The van der Waals surface area contributed by atoms with E-state index < -0.39 is 10.0 Å². The van der Waals surface area contributed by atoms with Crippen LogP contribution in [-0.2, 0) is 16.6 Å². The van der Waals surface area contributed by atoms with Crippen LogP contribution in [0.4, 0.5) is 0 Å². The summed E-state index contributed by atoms with van der Waals surface area (Å²) in [5, 5.41) is 3.16. The monoisotopic (exact) mass is 301 g/mol. The topological polar surface area (TPSA) is 74.0 Å². The Balaban J connectivity index is 2.75. The van der Waals surface area contributed by atoms with Gasteiger partial charge in [0.25, 0.3) is 0 Å². The fourth-order valence-electron chi connectivity index (χ4n) is 2.34. The fourth-order valence-corrected chi connectivity index (χ4v) is 3.67. The minimum atomic E-state index is -3.44. The molecular formula is C14H27N3O2S. The van der Waals surface area contributed by atoms with Crippen LogP contribution in [0.5, 0.6) is 0 Å². The van der Waals surface area contributed by atoms with E-state index in [9.17, 15) is 8.42 Å². The Hall–Kier alpha value is -0.850. The number of rotatable bonds is 9. The lowest BCUT2D eigenvalue weighted by molar-refractivity contribution is 0.391. The van der Waals surface area contributed by atoms with Gasteiger partial charge in [-0.1, -0.05) is 33.6 Å². The molecular weight excluding hydrogens is 274 g/mol. The summed E-state index contributed by atoms with van der Waals surface area (Å²) in [6.45, 7) is 9.62. The summed E-state index contributed by atoms with van der Waals surface area (Å²) in [6.07, 6.45) is 3.49. The smallest absolute Gasteiger partial charge is 0.242 e. The van der Waals surface area contributed by atoms with Crippen LogP contribution in [0.2, 0.25) is 0 Å². The van der Waals surface area contributed by atoms with E-state index in [1.807, 2.05) is 13.8 Å². The SMILES string of the molecule is CCNCc1cc(S(=O)(=O)NC(C)C(CC)CC)c[nH]1. The summed E-state index contributed by atoms with van der Waals surface area (Å²) in [7, 11) is -3.44. The van der Waals surface area contributed by atoms with E-state index >= 15 is 0 Å². The van der Waals surface area contributed by atoms with Crippen LogP contribution < -0.4 is 10.0 Å². The summed E-state index contributed by atoms with van der Waals surface area (Å²) in [5.74, 6) is 0.366. The van der Waals surface area contributed by atoms with Crippen molar-refractivity contribution in [3.05, 3.63) is 18.0 Å². The summed E-state index contributed by atoms with van der Waals surface area (Å²) >= 11 is 0. The lowest BCUT2D eigenvalue weighted by atomic mass is 9.96. The molecule has 1 aromatic rings. The predicted molar refractivity (Wildman–Crippen MR) is 82.0 cm³/mol. The van der Waals surface area contributed by atoms with Crippen LogP contribution >= 0.6 is 0 Å². The van der Waals surface area contributed by atoms with E-state index in [1.54, 1.807) is 12.3 Å². The van der Waals surface area contributed by atoms with Gasteiger partial charge >= 0.3 is 0 Å². The Kier molecular flexibility index (Phi) is 6.71. The van der Waals surface area contributed by atoms with Crippen LogP contribution in [0.15, 0.2) is 17.2 Å². The molecule has 5 nitrogen and oxygen atoms in total. The molecule has 0 spiro atoms. The zero-order valence-corrected chi connectivity index (χ0v) is 13.7. The molecule has 0 aromatic carbocycles. The first-order chi connectivity index (χ1) is 9.44. The number of aromatic nitrogens is 1. The summed E-state index contributed by atoms with van der Waals surface area (Å²) in [5.41, 5.74) is 0.877. The van der Waals surface area contributed by atoms with E-state index in [0.717, 1.165) is 25.1 Å². The van der Waals surface area contributed by atoms with Gasteiger partial charge in [0.05, 0.1) is 4.90 Å². The average Bonchev–Trinajstić information content (AvgIpc) is 2.86. The first-order valence-corrected chi connectivity index (χ1v) is 8.83. The Bertz CT molecular complexity index is 492. The highest BCUT2D eigenvalue weighted by Gasteiger charge is 2.22. The third-order valence-corrected chi connectivity index (χ3v) is 5.23. The number of hydrogen-bond donors (Lipinski definition) is 3. The molecule has 0 aliphatic rings. The molecule has 0 bridgehead atoms. The Labute approximate surface area is 122 Å². The van der Waals surface area contributed by atoms with Crippen LogP contribution in [-0.4, -0.2) is 26.0 Å². The van der Waals surface area contributed by atoms with Gasteiger partial charge in [-0.2, -0.15) is 0 Å². The molecule has 0 saturated heterocycles. The number of nitrogens with one attached hydrogen (secondary N) is 3. The average molecular weight is 301 g/mol. The summed E-state index contributed by atoms with van der Waals surface area (Å²) in [4.78, 5) is 3.30. The van der Waals surface area contributed by atoms with E-state index in [0.29, 0.717) is 17.4 Å². The summed E-state index contributed by atoms with van der Waals surface area (Å²) < 4.78 is 27.4. The molecule has 6 heteroatoms. The third kappa shape index (κ3) is 4.61. The summed E-state index contributed by atoms with van der Waals surface area (Å²) in [6, 6.07) is 1.63. The third-order valence-electron chi connectivity index (χ3n) is 3.69. The number of aromatic amines is 1. The zero-order chi connectivity index (χ0) is 15.2. The van der Waals surface area contributed by atoms with E-state index in [2.05, 4.69) is 28.9 Å². The second-order valence-corrected chi connectivity index (χ2v) is 6.84. The minimum absolute atomic E-state index is 0.0536. The lowest BCUT2D eigenvalue weighted by Crippen LogP contribution is -2.37. The highest BCUT2D eigenvalue weighted by Crippen LogP contribution is 2.17. The van der Waals surface area contributed by atoms with Gasteiger partial charge in [-0.3, -0.25) is 0 Å². The van der Waals surface area contributed by atoms with E-state index in [4.69, 9.17) is 0 Å². The largest absolute Gasteiger partial charge is 0.363 e. The van der Waals surface area contributed by atoms with Gasteiger partial charge < -0.3 is 10.3 Å². The molecule has 0 saturated carbocycles. The fraction of sp³-hybridized carbons (Fsp3) is 0.714. The van der Waals surface area contributed by atoms with Crippen molar-refractivity contribution in [2.24, 2.45) is 5.92 Å². The van der Waals surface area contributed by atoms with Gasteiger partial charge in [-0.15, -0.1) is 0 Å². The molecule has 0 radical (unpaired) electrons. The maximum atomic E-state index is 12.3. The molecule has 1 rings (SSSR count). The van der Waals surface area contributed by atoms with Crippen molar-refractivity contribution in [3.8, 4) is 0 Å². The van der Waals surface area contributed by atoms with Crippen molar-refractivity contribution in [2.45, 2.75) is 58.0 Å². The Morgan fingerprint density at radius 2 is 1.90 bits per heavy atom. The van der Waals surface area contributed by atoms with Crippen LogP contribution in [0.1, 0.15) is 46.2 Å². The first kappa shape index (κ1) is 17.2. The second kappa shape index (κ2) is 7.81. The van der Waals surface area contributed by atoms with Gasteiger partial charge in [-0.05, 0) is 25.5 Å². The normalized spacial score (nSPS) is 13.8. The number of hydrogen-bond acceptors (Lipinski definition) is 3. The lowest BCUT2D eigenvalue weighted by Gasteiger charge is -2.21. The van der Waals surface area contributed by atoms with Gasteiger partial charge in [0.1, 0.15) is 0 Å². The molecule has 1 aromatic heterocycles. The minimum Gasteiger partial charge on any atom is -0.363 e. The van der Waals surface area contributed by atoms with Crippen molar-refractivity contribution in [3.63, 3.8) is 0 Å². The predicted octanol–water partition coefficient (Wildman–Crippen LogP) is 2.23. The molecule has 0 aliphatic carbocycles. The van der Waals surface area contributed by atoms with E-state index in [-0.39, 0.29) is 6.04 Å². The number of sulfonamides is 1. The quantitative estimate of drug-likeness (QED) is 0.655. The van der Waals surface area contributed by atoms with Crippen LogP contribution in [0.25, 0.3) is 0 Å². The van der Waals surface area contributed by atoms with Crippen molar-refractivity contribution in [1.82, 2.24) is 15.0 Å². The standard InChI is InChI=1S/C14H27N3O2S/c1-5-12(6-2)11(4)17-20(18,19)14-8-13(16-10-14)9-15-7-3/h8,10-12,15-17H,5-7,9H2,1-4H3. The highest BCUT2D eigenvalue weighted by atomic mass is 32.2. The van der Waals surface area contributed by atoms with Crippen molar-refractivity contribution in [2.75, 3.05) is 6.54 Å². The first-order valence-electron chi connectivity index (χ1n) is 7.34. The Morgan fingerprint density at radius 3 is 2.45 bits per heavy atom. The molecule has 0 fully saturated rings. The number of H-pyrrole nitrogens is 1. The molecule has 116 valence electrons. The van der Waals surface area contributed by atoms with Gasteiger partial charge in [-0.25, -0.2) is 13.1 Å². The molecule has 0 aliphatic heterocycles. The molecule has 1 unspecified atom stereocenters. The van der Waals surface area contributed by atoms with Gasteiger partial charge in [0.15, 0.2) is 0 Å². The van der Waals surface area contributed by atoms with Gasteiger partial charge in [0, 0.05) is 24.5 Å². The van der Waals surface area contributed by atoms with E-state index in [1.165, 1.54) is 0 Å². The maximum Gasteiger partial charge on any atom is 0.242 e. The van der Waals surface area contributed by atoms with Crippen molar-refractivity contribution < 1.29 is 8.42 Å². The second-order valence-electron chi connectivity index (χ2n) is 5.13. The zero-order valence-electron chi connectivity index (χ0n) is 12.9. The highest BCUT2D eigenvalue weighted by molar-refractivity contribution is 7.89. The molecule has 1 heterocycles. The van der Waals surface area contributed by atoms with Crippen LogP contribution in [0.3, 0.4) is 0 Å². The van der Waals surface area contributed by atoms with Gasteiger partial charge in [0.2, 0.25) is 10.0 Å². The van der Waals surface area contributed by atoms with Crippen molar-refractivity contribution in [1.29, 1.82) is 0 Å². The molecule has 1 atom stereocenters. The Morgan fingerprint density at radius 1 is 1.25 bits per heavy atom. The van der Waals surface area contributed by atoms with Crippen molar-refractivity contribution >= 4 is 10.0 Å². The molecule has 0 amide bonds. The molecule has 3 N–H and O–H groups in total.